The fraction of sp³-hybridized carbons (Fsp3) is 0.200. The molecule has 0 spiro atoms. The number of hydrogen-bond acceptors (Lipinski definition) is 6. The van der Waals surface area contributed by atoms with Gasteiger partial charge < -0.3 is 20.5 Å². The molecule has 0 unspecified atom stereocenters. The number of dihydropyridines is 1. The number of carbonyl (C=O) groups excluding carboxylic acids is 2. The molecule has 0 bridgehead atoms. The van der Waals surface area contributed by atoms with E-state index in [-0.39, 0.29) is 13.2 Å². The van der Waals surface area contributed by atoms with E-state index in [1.54, 1.807) is 6.07 Å². The molecule has 0 radical (unpaired) electrons. The third-order valence-electron chi connectivity index (χ3n) is 3.97. The van der Waals surface area contributed by atoms with Gasteiger partial charge >= 0.3 is 11.9 Å². The number of esters is 2. The first-order chi connectivity index (χ1) is 10.2. The molecule has 106 valence electrons. The number of nitrogens with one attached hydrogen (secondary N) is 1. The average Bonchev–Trinajstić information content (AvgIpc) is 3.03. The van der Waals surface area contributed by atoms with Crippen molar-refractivity contribution in [2.45, 2.75) is 5.92 Å². The molecular formula is C15H12N2O4. The second kappa shape index (κ2) is 4.12. The van der Waals surface area contributed by atoms with E-state index in [1.165, 1.54) is 0 Å². The van der Waals surface area contributed by atoms with Crippen molar-refractivity contribution in [1.29, 1.82) is 0 Å². The fourth-order valence-corrected chi connectivity index (χ4v) is 3.04. The molecule has 0 aliphatic carbocycles. The summed E-state index contributed by atoms with van der Waals surface area (Å²) in [6.07, 6.45) is 0. The minimum Gasteiger partial charge on any atom is -0.456 e. The Bertz CT molecular complexity index is 708. The third kappa shape index (κ3) is 1.59. The molecule has 0 saturated heterocycles. The van der Waals surface area contributed by atoms with Crippen molar-refractivity contribution < 1.29 is 19.1 Å². The van der Waals surface area contributed by atoms with Crippen LogP contribution in [0.4, 0.5) is 5.69 Å². The lowest BCUT2D eigenvalue weighted by molar-refractivity contribution is -0.136. The summed E-state index contributed by atoms with van der Waals surface area (Å²) in [7, 11) is 0. The van der Waals surface area contributed by atoms with Crippen molar-refractivity contribution >= 4 is 17.6 Å². The number of hydrogen-bond donors (Lipinski definition) is 2. The predicted octanol–water partition coefficient (Wildman–Crippen LogP) is 0.577. The van der Waals surface area contributed by atoms with E-state index in [4.69, 9.17) is 15.2 Å². The lowest BCUT2D eigenvalue weighted by Crippen LogP contribution is -2.27. The zero-order valence-electron chi connectivity index (χ0n) is 11.0. The highest BCUT2D eigenvalue weighted by Crippen LogP contribution is 2.44. The summed E-state index contributed by atoms with van der Waals surface area (Å²) in [6, 6.07) is 7.20. The van der Waals surface area contributed by atoms with Crippen LogP contribution in [0.25, 0.3) is 0 Å². The highest BCUT2D eigenvalue weighted by Gasteiger charge is 2.45. The van der Waals surface area contributed by atoms with Gasteiger partial charge in [0.05, 0.1) is 28.5 Å². The molecule has 0 saturated carbocycles. The summed E-state index contributed by atoms with van der Waals surface area (Å²) in [4.78, 5) is 24.1. The topological polar surface area (TPSA) is 90.6 Å². The van der Waals surface area contributed by atoms with Crippen LogP contribution in [0.2, 0.25) is 0 Å². The van der Waals surface area contributed by atoms with E-state index in [0.717, 1.165) is 5.56 Å². The Kier molecular flexibility index (Phi) is 2.35. The number of nitrogen functional groups attached to an aromatic ring is 1. The van der Waals surface area contributed by atoms with E-state index in [2.05, 4.69) is 5.32 Å². The molecule has 3 aliphatic heterocycles. The maximum absolute atomic E-state index is 12.1. The lowest BCUT2D eigenvalue weighted by Gasteiger charge is -2.24. The number of nitrogens with two attached hydrogens (primary N) is 1. The quantitative estimate of drug-likeness (QED) is 0.579. The van der Waals surface area contributed by atoms with E-state index < -0.39 is 17.9 Å². The van der Waals surface area contributed by atoms with Crippen LogP contribution in [-0.4, -0.2) is 25.2 Å². The van der Waals surface area contributed by atoms with Gasteiger partial charge in [-0.1, -0.05) is 18.2 Å². The summed E-state index contributed by atoms with van der Waals surface area (Å²) < 4.78 is 10.2. The van der Waals surface area contributed by atoms with Crippen molar-refractivity contribution in [2.24, 2.45) is 0 Å². The van der Waals surface area contributed by atoms with Crippen molar-refractivity contribution in [3.8, 4) is 0 Å². The van der Waals surface area contributed by atoms with Crippen LogP contribution in [0, 0.1) is 0 Å². The molecule has 1 aromatic carbocycles. The molecule has 3 aliphatic rings. The van der Waals surface area contributed by atoms with Gasteiger partial charge in [-0.25, -0.2) is 9.59 Å². The molecule has 1 aromatic rings. The minimum atomic E-state index is -0.526. The van der Waals surface area contributed by atoms with Crippen LogP contribution in [0.5, 0.6) is 0 Å². The average molecular weight is 284 g/mol. The van der Waals surface area contributed by atoms with Gasteiger partial charge in [-0.15, -0.1) is 0 Å². The van der Waals surface area contributed by atoms with E-state index in [9.17, 15) is 9.59 Å². The lowest BCUT2D eigenvalue weighted by atomic mass is 9.81. The van der Waals surface area contributed by atoms with E-state index in [1.807, 2.05) is 18.2 Å². The molecule has 3 heterocycles. The summed E-state index contributed by atoms with van der Waals surface area (Å²) in [5.74, 6) is -1.36. The smallest absolute Gasteiger partial charge is 0.337 e. The van der Waals surface area contributed by atoms with Crippen molar-refractivity contribution in [3.05, 3.63) is 52.4 Å². The standard InChI is InChI=1S/C15H12N2O4/c16-8-4-2-1-3-7(8)11-12-9(5-20-14(12)18)17-10-6-21-15(19)13(10)11/h1-4,11,17H,5-6,16H2. The minimum absolute atomic E-state index is 0.183. The van der Waals surface area contributed by atoms with E-state index in [0.29, 0.717) is 28.2 Å². The Morgan fingerprint density at radius 2 is 1.57 bits per heavy atom. The molecule has 6 heteroatoms. The van der Waals surface area contributed by atoms with Crippen LogP contribution in [0.15, 0.2) is 46.8 Å². The second-order valence-corrected chi connectivity index (χ2v) is 5.12. The molecule has 21 heavy (non-hydrogen) atoms. The van der Waals surface area contributed by atoms with Gasteiger partial charge in [0.15, 0.2) is 0 Å². The van der Waals surface area contributed by atoms with Crippen molar-refractivity contribution in [3.63, 3.8) is 0 Å². The number of cyclic esters (lactones) is 2. The normalized spacial score (nSPS) is 21.0. The predicted molar refractivity (Wildman–Crippen MR) is 72.7 cm³/mol. The number of para-hydroxylation sites is 1. The Morgan fingerprint density at radius 3 is 2.14 bits per heavy atom. The summed E-state index contributed by atoms with van der Waals surface area (Å²) in [5.41, 5.74) is 9.56. The van der Waals surface area contributed by atoms with Crippen LogP contribution >= 0.6 is 0 Å². The van der Waals surface area contributed by atoms with Gasteiger partial charge in [-0.05, 0) is 11.6 Å². The number of carbonyl (C=O) groups is 2. The molecule has 0 fully saturated rings. The van der Waals surface area contributed by atoms with Crippen molar-refractivity contribution in [1.82, 2.24) is 5.32 Å². The van der Waals surface area contributed by atoms with E-state index >= 15 is 0 Å². The molecule has 0 aromatic heterocycles. The first-order valence-corrected chi connectivity index (χ1v) is 6.58. The number of anilines is 1. The van der Waals surface area contributed by atoms with Crippen molar-refractivity contribution in [2.75, 3.05) is 18.9 Å². The number of benzene rings is 1. The highest BCUT2D eigenvalue weighted by molar-refractivity contribution is 6.02. The van der Waals surface area contributed by atoms with Gasteiger partial charge in [0.1, 0.15) is 13.2 Å². The summed E-state index contributed by atoms with van der Waals surface area (Å²) in [6.45, 7) is 0.366. The Labute approximate surface area is 120 Å². The Morgan fingerprint density at radius 1 is 1.00 bits per heavy atom. The second-order valence-electron chi connectivity index (χ2n) is 5.12. The summed E-state index contributed by atoms with van der Waals surface area (Å²) >= 11 is 0. The zero-order valence-corrected chi connectivity index (χ0v) is 11.0. The number of ether oxygens (including phenoxy) is 2. The monoisotopic (exact) mass is 284 g/mol. The first-order valence-electron chi connectivity index (χ1n) is 6.58. The van der Waals surface area contributed by atoms with Gasteiger partial charge in [0, 0.05) is 5.69 Å². The molecule has 4 rings (SSSR count). The van der Waals surface area contributed by atoms with Gasteiger partial charge in [-0.2, -0.15) is 0 Å². The SMILES string of the molecule is Nc1ccccc1C1C2=C(COC2=O)NC2=C1C(=O)OC2. The Hall–Kier alpha value is -2.76. The van der Waals surface area contributed by atoms with Crippen LogP contribution < -0.4 is 11.1 Å². The fourth-order valence-electron chi connectivity index (χ4n) is 3.04. The zero-order chi connectivity index (χ0) is 14.6. The third-order valence-corrected chi connectivity index (χ3v) is 3.97. The van der Waals surface area contributed by atoms with Crippen LogP contribution in [0.3, 0.4) is 0 Å². The first kappa shape index (κ1) is 12.0. The van der Waals surface area contributed by atoms with Crippen LogP contribution in [0.1, 0.15) is 11.5 Å². The largest absolute Gasteiger partial charge is 0.456 e. The maximum Gasteiger partial charge on any atom is 0.337 e. The summed E-state index contributed by atoms with van der Waals surface area (Å²) in [5, 5.41) is 3.08. The molecule has 6 nitrogen and oxygen atoms in total. The molecule has 0 atom stereocenters. The number of rotatable bonds is 1. The van der Waals surface area contributed by atoms with Crippen LogP contribution in [-0.2, 0) is 19.1 Å². The van der Waals surface area contributed by atoms with Gasteiger partial charge in [0.2, 0.25) is 0 Å². The Balaban J connectivity index is 1.94. The molecular weight excluding hydrogens is 272 g/mol. The molecule has 3 N–H and O–H groups in total. The van der Waals surface area contributed by atoms with Gasteiger partial charge in [-0.3, -0.25) is 0 Å². The highest BCUT2D eigenvalue weighted by atomic mass is 16.5. The maximum atomic E-state index is 12.1. The van der Waals surface area contributed by atoms with Gasteiger partial charge in [0.25, 0.3) is 0 Å². The molecule has 0 amide bonds.